The number of halogens is 6. The zero-order valence-electron chi connectivity index (χ0n) is 17.4. The third kappa shape index (κ3) is 6.53. The fraction of sp³-hybridized carbons (Fsp3) is 0.684. The maximum Gasteiger partial charge on any atom is 0.458 e. The minimum Gasteiger partial charge on any atom is -0.347 e. The molecule has 1 aromatic heterocycles. The molecule has 1 saturated heterocycles. The summed E-state index contributed by atoms with van der Waals surface area (Å²) in [5.41, 5.74) is 1.36. The first-order valence-corrected chi connectivity index (χ1v) is 9.97. The molecule has 0 bridgehead atoms. The number of alkyl halides is 6. The molecule has 0 unspecified atom stereocenters. The van der Waals surface area contributed by atoms with Crippen LogP contribution in [0.3, 0.4) is 0 Å². The number of imidazole rings is 1. The van der Waals surface area contributed by atoms with Gasteiger partial charge in [0.1, 0.15) is 0 Å². The lowest BCUT2D eigenvalue weighted by atomic mass is 9.78. The van der Waals surface area contributed by atoms with Crippen molar-refractivity contribution in [3.63, 3.8) is 0 Å². The lowest BCUT2D eigenvalue weighted by Crippen LogP contribution is -2.63. The number of aromatic nitrogens is 2. The summed E-state index contributed by atoms with van der Waals surface area (Å²) < 4.78 is 67.0. The smallest absolute Gasteiger partial charge is 0.347 e. The second kappa shape index (κ2) is 10.0. The number of piperazine rings is 1. The van der Waals surface area contributed by atoms with E-state index in [2.05, 4.69) is 14.9 Å². The standard InChI is InChI=1S/C15H24N4O.C4F6O2/c1-13(20)18-7-8-19(10-14-9-16-12-17-14)15(11-18)5-3-2-4-6-15;5-3(6,7)1(11)2(12)4(8,9)10/h9,12H,2-8,10-11H2,1H3,(H,16,17);. The molecular weight excluding hydrogens is 446 g/mol. The van der Waals surface area contributed by atoms with Crippen LogP contribution in [0.2, 0.25) is 0 Å². The first-order chi connectivity index (χ1) is 14.8. The topological polar surface area (TPSA) is 86.4 Å². The maximum atomic E-state index is 11.7. The SMILES string of the molecule is CC(=O)N1CCN(Cc2cnc[nH]2)C2(CCCCC2)C1.O=C(C(=O)C(F)(F)F)C(F)(F)F. The van der Waals surface area contributed by atoms with Crippen LogP contribution in [-0.2, 0) is 20.9 Å². The van der Waals surface area contributed by atoms with Crippen molar-refractivity contribution in [1.29, 1.82) is 0 Å². The van der Waals surface area contributed by atoms with Crippen LogP contribution in [0.5, 0.6) is 0 Å². The van der Waals surface area contributed by atoms with Crippen LogP contribution < -0.4 is 0 Å². The first-order valence-electron chi connectivity index (χ1n) is 9.97. The van der Waals surface area contributed by atoms with E-state index in [1.165, 1.54) is 37.8 Å². The van der Waals surface area contributed by atoms with Gasteiger partial charge in [0, 0.05) is 50.5 Å². The molecule has 180 valence electrons. The molecule has 1 amide bonds. The molecule has 1 saturated carbocycles. The highest BCUT2D eigenvalue weighted by Gasteiger charge is 2.54. The Kier molecular flexibility index (Phi) is 8.07. The van der Waals surface area contributed by atoms with Crippen LogP contribution in [0.25, 0.3) is 0 Å². The number of Topliss-reactive ketones (excluding diaryl/α,β-unsaturated/α-hetero) is 2. The van der Waals surface area contributed by atoms with E-state index in [1.807, 2.05) is 11.1 Å². The number of rotatable bonds is 3. The molecule has 7 nitrogen and oxygen atoms in total. The van der Waals surface area contributed by atoms with Crippen molar-refractivity contribution in [3.05, 3.63) is 18.2 Å². The zero-order valence-corrected chi connectivity index (χ0v) is 17.4. The highest BCUT2D eigenvalue weighted by atomic mass is 19.4. The molecule has 0 radical (unpaired) electrons. The van der Waals surface area contributed by atoms with Crippen molar-refractivity contribution < 1.29 is 40.7 Å². The van der Waals surface area contributed by atoms with E-state index in [0.717, 1.165) is 26.2 Å². The number of nitrogens with one attached hydrogen (secondary N) is 1. The fourth-order valence-electron chi connectivity index (χ4n) is 4.05. The monoisotopic (exact) mass is 470 g/mol. The average Bonchev–Trinajstić information content (AvgIpc) is 3.21. The highest BCUT2D eigenvalue weighted by molar-refractivity contribution is 6.41. The van der Waals surface area contributed by atoms with Crippen LogP contribution in [0.4, 0.5) is 26.3 Å². The van der Waals surface area contributed by atoms with Crippen molar-refractivity contribution in [3.8, 4) is 0 Å². The Morgan fingerprint density at radius 1 is 1.00 bits per heavy atom. The van der Waals surface area contributed by atoms with Crippen LogP contribution in [0.15, 0.2) is 12.5 Å². The Morgan fingerprint density at radius 3 is 2.00 bits per heavy atom. The van der Waals surface area contributed by atoms with Crippen LogP contribution in [0.1, 0.15) is 44.7 Å². The third-order valence-corrected chi connectivity index (χ3v) is 5.66. The van der Waals surface area contributed by atoms with Crippen LogP contribution in [-0.4, -0.2) is 74.8 Å². The van der Waals surface area contributed by atoms with E-state index in [9.17, 15) is 40.7 Å². The van der Waals surface area contributed by atoms with Gasteiger partial charge in [0.05, 0.1) is 6.33 Å². The van der Waals surface area contributed by atoms with Gasteiger partial charge < -0.3 is 9.88 Å². The largest absolute Gasteiger partial charge is 0.458 e. The summed E-state index contributed by atoms with van der Waals surface area (Å²) in [6.45, 7) is 5.34. The Labute approximate surface area is 180 Å². The number of hydrogen-bond acceptors (Lipinski definition) is 5. The lowest BCUT2D eigenvalue weighted by Gasteiger charge is -2.52. The molecule has 2 heterocycles. The quantitative estimate of drug-likeness (QED) is 0.542. The molecule has 2 fully saturated rings. The van der Waals surface area contributed by atoms with Crippen molar-refractivity contribution in [2.45, 2.75) is 63.5 Å². The van der Waals surface area contributed by atoms with Crippen molar-refractivity contribution in [1.82, 2.24) is 19.8 Å². The molecule has 1 aliphatic heterocycles. The predicted molar refractivity (Wildman–Crippen MR) is 99.2 cm³/mol. The van der Waals surface area contributed by atoms with E-state index in [0.29, 0.717) is 0 Å². The molecule has 1 aromatic rings. The number of H-pyrrole nitrogens is 1. The van der Waals surface area contributed by atoms with Gasteiger partial charge >= 0.3 is 23.9 Å². The van der Waals surface area contributed by atoms with Gasteiger partial charge in [-0.25, -0.2) is 4.98 Å². The Morgan fingerprint density at radius 2 is 1.56 bits per heavy atom. The van der Waals surface area contributed by atoms with Gasteiger partial charge in [0.25, 0.3) is 0 Å². The van der Waals surface area contributed by atoms with Gasteiger partial charge in [0.15, 0.2) is 0 Å². The van der Waals surface area contributed by atoms with Crippen molar-refractivity contribution in [2.24, 2.45) is 0 Å². The van der Waals surface area contributed by atoms with Gasteiger partial charge in [-0.2, -0.15) is 26.3 Å². The number of amides is 1. The van der Waals surface area contributed by atoms with E-state index >= 15 is 0 Å². The summed E-state index contributed by atoms with van der Waals surface area (Å²) >= 11 is 0. The molecule has 0 aromatic carbocycles. The Hall–Kier alpha value is -2.44. The van der Waals surface area contributed by atoms with Gasteiger partial charge in [-0.3, -0.25) is 19.3 Å². The lowest BCUT2D eigenvalue weighted by molar-refractivity contribution is -0.193. The Bertz CT molecular complexity index is 777. The summed E-state index contributed by atoms with van der Waals surface area (Å²) in [4.78, 5) is 42.9. The number of nitrogens with zero attached hydrogens (tertiary/aromatic N) is 3. The fourth-order valence-corrected chi connectivity index (χ4v) is 4.05. The zero-order chi connectivity index (χ0) is 24.2. The van der Waals surface area contributed by atoms with E-state index in [-0.39, 0.29) is 11.4 Å². The number of carbonyl (C=O) groups is 3. The molecule has 1 spiro atoms. The Balaban J connectivity index is 0.000000262. The van der Waals surface area contributed by atoms with Crippen LogP contribution in [0, 0.1) is 0 Å². The summed E-state index contributed by atoms with van der Waals surface area (Å²) in [7, 11) is 0. The van der Waals surface area contributed by atoms with E-state index in [1.54, 1.807) is 13.3 Å². The van der Waals surface area contributed by atoms with E-state index < -0.39 is 23.9 Å². The summed E-state index contributed by atoms with van der Waals surface area (Å²) in [6.07, 6.45) is -1.56. The van der Waals surface area contributed by atoms with Crippen LogP contribution >= 0.6 is 0 Å². The normalized spacial score (nSPS) is 19.3. The average molecular weight is 470 g/mol. The third-order valence-electron chi connectivity index (χ3n) is 5.66. The minimum atomic E-state index is -5.77. The summed E-state index contributed by atoms with van der Waals surface area (Å²) in [5, 5.41) is 0. The van der Waals surface area contributed by atoms with Crippen molar-refractivity contribution >= 4 is 17.5 Å². The van der Waals surface area contributed by atoms with Gasteiger partial charge in [-0.1, -0.05) is 19.3 Å². The predicted octanol–water partition coefficient (Wildman–Crippen LogP) is 3.03. The molecule has 1 N–H and O–H groups in total. The number of aromatic amines is 1. The highest BCUT2D eigenvalue weighted by Crippen LogP contribution is 2.37. The van der Waals surface area contributed by atoms with Gasteiger partial charge in [-0.15, -0.1) is 0 Å². The molecule has 13 heteroatoms. The maximum absolute atomic E-state index is 11.7. The van der Waals surface area contributed by atoms with E-state index in [4.69, 9.17) is 0 Å². The number of hydrogen-bond donors (Lipinski definition) is 1. The first kappa shape index (κ1) is 25.8. The summed E-state index contributed by atoms with van der Waals surface area (Å²) in [6, 6.07) is 0. The summed E-state index contributed by atoms with van der Waals surface area (Å²) in [5.74, 6) is -6.60. The molecule has 0 atom stereocenters. The molecular formula is C19H24F6N4O3. The van der Waals surface area contributed by atoms with Gasteiger partial charge in [0.2, 0.25) is 5.91 Å². The number of ketones is 2. The second-order valence-electron chi connectivity index (χ2n) is 7.88. The molecule has 2 aliphatic rings. The molecule has 1 aliphatic carbocycles. The van der Waals surface area contributed by atoms with Gasteiger partial charge in [-0.05, 0) is 12.8 Å². The minimum absolute atomic E-state index is 0.188. The molecule has 32 heavy (non-hydrogen) atoms. The molecule has 3 rings (SSSR count). The second-order valence-corrected chi connectivity index (χ2v) is 7.88. The number of carbonyl (C=O) groups excluding carboxylic acids is 3. The van der Waals surface area contributed by atoms with Crippen molar-refractivity contribution in [2.75, 3.05) is 19.6 Å².